The van der Waals surface area contributed by atoms with E-state index in [1.807, 2.05) is 28.5 Å². The van der Waals surface area contributed by atoms with E-state index in [1.165, 1.54) is 22.5 Å². The molecule has 1 aromatic heterocycles. The predicted molar refractivity (Wildman–Crippen MR) is 128 cm³/mol. The van der Waals surface area contributed by atoms with Crippen molar-refractivity contribution in [3.8, 4) is 5.75 Å². The number of hydrogen-bond donors (Lipinski definition) is 0. The van der Waals surface area contributed by atoms with Crippen LogP contribution in [0.2, 0.25) is 0 Å². The summed E-state index contributed by atoms with van der Waals surface area (Å²) >= 11 is 1.53. The molecule has 0 saturated carbocycles. The summed E-state index contributed by atoms with van der Waals surface area (Å²) in [6.07, 6.45) is 3.27. The Morgan fingerprint density at radius 1 is 1.03 bits per heavy atom. The highest BCUT2D eigenvalue weighted by atomic mass is 32.1. The van der Waals surface area contributed by atoms with Crippen molar-refractivity contribution in [2.45, 2.75) is 45.6 Å². The molecule has 1 fully saturated rings. The molecule has 4 rings (SSSR count). The Morgan fingerprint density at radius 2 is 1.74 bits per heavy atom. The minimum absolute atomic E-state index is 0.163. The molecule has 1 amide bonds. The van der Waals surface area contributed by atoms with Gasteiger partial charge in [-0.25, -0.2) is 0 Å². The standard InChI is InChI=1S/C27H31NO2S/c1-20(2)24-8-10-25(11-9-24)30-18-23-17-26(31-19-23)27(29)28-14-12-22(13-15-28)16-21-6-4-3-5-7-21/h3-11,17,19-20,22H,12-16,18H2,1-2H3. The van der Waals surface area contributed by atoms with Gasteiger partial charge >= 0.3 is 0 Å². The van der Waals surface area contributed by atoms with Crippen LogP contribution >= 0.6 is 11.3 Å². The van der Waals surface area contributed by atoms with Crippen LogP contribution in [0.1, 0.15) is 59.0 Å². The Hall–Kier alpha value is -2.59. The van der Waals surface area contributed by atoms with Crippen molar-refractivity contribution in [3.63, 3.8) is 0 Å². The van der Waals surface area contributed by atoms with Gasteiger partial charge in [0, 0.05) is 18.7 Å². The van der Waals surface area contributed by atoms with E-state index in [2.05, 4.69) is 56.3 Å². The summed E-state index contributed by atoms with van der Waals surface area (Å²) in [6, 6.07) is 20.9. The SMILES string of the molecule is CC(C)c1ccc(OCc2csc(C(=O)N3CCC(Cc4ccccc4)CC3)c2)cc1. The minimum atomic E-state index is 0.163. The monoisotopic (exact) mass is 433 g/mol. The second-order valence-electron chi connectivity index (χ2n) is 8.76. The molecule has 1 saturated heterocycles. The third-order valence-corrected chi connectivity index (χ3v) is 7.05. The molecule has 31 heavy (non-hydrogen) atoms. The lowest BCUT2D eigenvalue weighted by molar-refractivity contribution is 0.0695. The summed E-state index contributed by atoms with van der Waals surface area (Å²) in [5, 5.41) is 2.04. The molecule has 0 N–H and O–H groups in total. The van der Waals surface area contributed by atoms with Crippen LogP contribution in [0.3, 0.4) is 0 Å². The lowest BCUT2D eigenvalue weighted by Crippen LogP contribution is -2.38. The number of ether oxygens (including phenoxy) is 1. The van der Waals surface area contributed by atoms with Crippen molar-refractivity contribution < 1.29 is 9.53 Å². The second kappa shape index (κ2) is 10.1. The van der Waals surface area contributed by atoms with Crippen LogP contribution in [0.5, 0.6) is 5.75 Å². The molecule has 2 heterocycles. The highest BCUT2D eigenvalue weighted by Gasteiger charge is 2.24. The number of thiophene rings is 1. The van der Waals surface area contributed by atoms with E-state index in [0.717, 1.165) is 48.5 Å². The minimum Gasteiger partial charge on any atom is -0.489 e. The first kappa shape index (κ1) is 21.6. The van der Waals surface area contributed by atoms with Crippen molar-refractivity contribution in [1.82, 2.24) is 4.90 Å². The average molecular weight is 434 g/mol. The summed E-state index contributed by atoms with van der Waals surface area (Å²) in [5.74, 6) is 2.21. The Morgan fingerprint density at radius 3 is 2.42 bits per heavy atom. The zero-order chi connectivity index (χ0) is 21.6. The number of hydrogen-bond acceptors (Lipinski definition) is 3. The predicted octanol–water partition coefficient (Wildman–Crippen LogP) is 6.55. The van der Waals surface area contributed by atoms with Gasteiger partial charge in [0.05, 0.1) is 4.88 Å². The number of carbonyl (C=O) groups is 1. The maximum atomic E-state index is 12.9. The first-order chi connectivity index (χ1) is 15.1. The summed E-state index contributed by atoms with van der Waals surface area (Å²) < 4.78 is 5.92. The second-order valence-corrected chi connectivity index (χ2v) is 9.67. The van der Waals surface area contributed by atoms with E-state index in [9.17, 15) is 4.79 Å². The van der Waals surface area contributed by atoms with E-state index in [-0.39, 0.29) is 5.91 Å². The smallest absolute Gasteiger partial charge is 0.263 e. The van der Waals surface area contributed by atoms with Crippen molar-refractivity contribution in [3.05, 3.63) is 87.6 Å². The largest absolute Gasteiger partial charge is 0.489 e. The van der Waals surface area contributed by atoms with E-state index in [4.69, 9.17) is 4.74 Å². The molecule has 0 unspecified atom stereocenters. The Labute approximate surface area is 189 Å². The van der Waals surface area contributed by atoms with Gasteiger partial charge in [-0.05, 0) is 65.8 Å². The van der Waals surface area contributed by atoms with Crippen LogP contribution in [-0.4, -0.2) is 23.9 Å². The van der Waals surface area contributed by atoms with Gasteiger partial charge in [-0.3, -0.25) is 4.79 Å². The maximum absolute atomic E-state index is 12.9. The van der Waals surface area contributed by atoms with Crippen LogP contribution in [0.25, 0.3) is 0 Å². The zero-order valence-corrected chi connectivity index (χ0v) is 19.2. The summed E-state index contributed by atoms with van der Waals surface area (Å²) in [6.45, 7) is 6.56. The molecule has 2 aromatic carbocycles. The number of piperidine rings is 1. The van der Waals surface area contributed by atoms with Crippen LogP contribution in [-0.2, 0) is 13.0 Å². The Balaban J connectivity index is 1.26. The lowest BCUT2D eigenvalue weighted by Gasteiger charge is -2.31. The number of nitrogens with zero attached hydrogens (tertiary/aromatic N) is 1. The first-order valence-corrected chi connectivity index (χ1v) is 12.1. The summed E-state index contributed by atoms with van der Waals surface area (Å²) in [7, 11) is 0. The number of carbonyl (C=O) groups excluding carboxylic acids is 1. The average Bonchev–Trinajstić information content (AvgIpc) is 3.28. The molecule has 1 aliphatic rings. The van der Waals surface area contributed by atoms with Gasteiger partial charge in [-0.1, -0.05) is 56.3 Å². The molecule has 0 radical (unpaired) electrons. The molecule has 162 valence electrons. The van der Waals surface area contributed by atoms with Crippen LogP contribution in [0.15, 0.2) is 66.0 Å². The Bertz CT molecular complexity index is 970. The lowest BCUT2D eigenvalue weighted by atomic mass is 9.90. The molecule has 1 aliphatic heterocycles. The number of likely N-dealkylation sites (tertiary alicyclic amines) is 1. The number of amides is 1. The molecule has 3 nitrogen and oxygen atoms in total. The normalized spacial score (nSPS) is 14.7. The van der Waals surface area contributed by atoms with Gasteiger partial charge in [0.1, 0.15) is 12.4 Å². The number of benzene rings is 2. The fourth-order valence-electron chi connectivity index (χ4n) is 4.12. The molecule has 4 heteroatoms. The summed E-state index contributed by atoms with van der Waals surface area (Å²) in [4.78, 5) is 15.8. The van der Waals surface area contributed by atoms with E-state index < -0.39 is 0 Å². The zero-order valence-electron chi connectivity index (χ0n) is 18.4. The molecule has 3 aromatic rings. The Kier molecular flexibility index (Phi) is 7.08. The van der Waals surface area contributed by atoms with Crippen LogP contribution in [0.4, 0.5) is 0 Å². The van der Waals surface area contributed by atoms with Gasteiger partial charge < -0.3 is 9.64 Å². The maximum Gasteiger partial charge on any atom is 0.263 e. The third kappa shape index (κ3) is 5.76. The van der Waals surface area contributed by atoms with Gasteiger partial charge in [-0.2, -0.15) is 0 Å². The highest BCUT2D eigenvalue weighted by Crippen LogP contribution is 2.25. The van der Waals surface area contributed by atoms with E-state index in [1.54, 1.807) is 0 Å². The van der Waals surface area contributed by atoms with Crippen molar-refractivity contribution >= 4 is 17.2 Å². The topological polar surface area (TPSA) is 29.5 Å². The van der Waals surface area contributed by atoms with E-state index >= 15 is 0 Å². The van der Waals surface area contributed by atoms with Gasteiger partial charge in [0.25, 0.3) is 5.91 Å². The van der Waals surface area contributed by atoms with Gasteiger partial charge in [0.2, 0.25) is 0 Å². The molecule has 0 atom stereocenters. The van der Waals surface area contributed by atoms with Crippen molar-refractivity contribution in [2.75, 3.05) is 13.1 Å². The third-order valence-electron chi connectivity index (χ3n) is 6.09. The van der Waals surface area contributed by atoms with Crippen molar-refractivity contribution in [2.24, 2.45) is 5.92 Å². The molecular weight excluding hydrogens is 402 g/mol. The fourth-order valence-corrected chi connectivity index (χ4v) is 4.99. The molecule has 0 aliphatic carbocycles. The molecule has 0 bridgehead atoms. The molecular formula is C27H31NO2S. The van der Waals surface area contributed by atoms with E-state index in [0.29, 0.717) is 18.4 Å². The van der Waals surface area contributed by atoms with Crippen molar-refractivity contribution in [1.29, 1.82) is 0 Å². The first-order valence-electron chi connectivity index (χ1n) is 11.2. The fraction of sp³-hybridized carbons (Fsp3) is 0.370. The summed E-state index contributed by atoms with van der Waals surface area (Å²) in [5.41, 5.74) is 3.76. The van der Waals surface area contributed by atoms with Crippen LogP contribution in [0, 0.1) is 5.92 Å². The highest BCUT2D eigenvalue weighted by molar-refractivity contribution is 7.12. The van der Waals surface area contributed by atoms with Crippen LogP contribution < -0.4 is 4.74 Å². The number of rotatable bonds is 7. The van der Waals surface area contributed by atoms with Gasteiger partial charge in [0.15, 0.2) is 0 Å². The quantitative estimate of drug-likeness (QED) is 0.423. The van der Waals surface area contributed by atoms with Gasteiger partial charge in [-0.15, -0.1) is 11.3 Å². The molecule has 0 spiro atoms.